The zero-order chi connectivity index (χ0) is 26.1. The number of benzene rings is 4. The third-order valence-electron chi connectivity index (χ3n) is 6.37. The molecule has 1 amide bonds. The summed E-state index contributed by atoms with van der Waals surface area (Å²) in [6.45, 7) is 4.66. The van der Waals surface area contributed by atoms with Crippen molar-refractivity contribution < 1.29 is 24.5 Å². The number of Topliss-reactive ketones (excluding diaryl/α,β-unsaturated/α-hetero) is 1. The average molecular weight is 494 g/mol. The highest BCUT2D eigenvalue weighted by atomic mass is 16.5. The minimum Gasteiger partial charge on any atom is -0.508 e. The molecular formula is C31H27NO5. The smallest absolute Gasteiger partial charge is 0.300 e. The van der Waals surface area contributed by atoms with Crippen molar-refractivity contribution in [1.29, 1.82) is 0 Å². The van der Waals surface area contributed by atoms with Gasteiger partial charge in [0, 0.05) is 11.3 Å². The number of phenolic OH excluding ortho intramolecular Hbond substituents is 1. The first kappa shape index (κ1) is 24.1. The van der Waals surface area contributed by atoms with E-state index in [2.05, 4.69) is 13.8 Å². The van der Waals surface area contributed by atoms with Crippen molar-refractivity contribution in [3.63, 3.8) is 0 Å². The number of carbonyl (C=O) groups is 2. The largest absolute Gasteiger partial charge is 0.508 e. The van der Waals surface area contributed by atoms with E-state index in [1.807, 2.05) is 30.3 Å². The Balaban J connectivity index is 1.67. The van der Waals surface area contributed by atoms with Crippen LogP contribution in [0.15, 0.2) is 96.6 Å². The maximum Gasteiger partial charge on any atom is 0.300 e. The van der Waals surface area contributed by atoms with E-state index in [0.717, 1.165) is 10.8 Å². The second-order valence-electron chi connectivity index (χ2n) is 9.49. The number of aromatic hydroxyl groups is 1. The van der Waals surface area contributed by atoms with Crippen molar-refractivity contribution >= 4 is 33.9 Å². The summed E-state index contributed by atoms with van der Waals surface area (Å²) in [7, 11) is 0. The SMILES string of the molecule is CC(C)COc1ccc(N2C(=O)C(=O)/C(=C(\O)c3cccc4ccccc34)C2c2cccc(O)c2)cc1. The molecule has 1 unspecified atom stereocenters. The molecule has 6 nitrogen and oxygen atoms in total. The van der Waals surface area contributed by atoms with Gasteiger partial charge >= 0.3 is 0 Å². The molecule has 0 aromatic heterocycles. The number of phenols is 1. The summed E-state index contributed by atoms with van der Waals surface area (Å²) < 4.78 is 5.77. The molecule has 0 bridgehead atoms. The summed E-state index contributed by atoms with van der Waals surface area (Å²) in [5, 5.41) is 23.4. The lowest BCUT2D eigenvalue weighted by atomic mass is 9.93. The molecule has 2 N–H and O–H groups in total. The van der Waals surface area contributed by atoms with Gasteiger partial charge in [-0.1, -0.05) is 68.4 Å². The van der Waals surface area contributed by atoms with Crippen molar-refractivity contribution in [3.8, 4) is 11.5 Å². The number of fused-ring (bicyclic) bond motifs is 1. The molecule has 0 saturated carbocycles. The van der Waals surface area contributed by atoms with Gasteiger partial charge in [-0.3, -0.25) is 14.5 Å². The highest BCUT2D eigenvalue weighted by molar-refractivity contribution is 6.51. The average Bonchev–Trinajstić information content (AvgIpc) is 3.17. The maximum absolute atomic E-state index is 13.5. The van der Waals surface area contributed by atoms with E-state index < -0.39 is 17.7 Å². The highest BCUT2D eigenvalue weighted by Gasteiger charge is 2.47. The zero-order valence-corrected chi connectivity index (χ0v) is 20.6. The van der Waals surface area contributed by atoms with Crippen molar-refractivity contribution in [3.05, 3.63) is 108 Å². The van der Waals surface area contributed by atoms with Gasteiger partial charge in [-0.25, -0.2) is 0 Å². The van der Waals surface area contributed by atoms with Gasteiger partial charge in [-0.15, -0.1) is 0 Å². The molecule has 1 atom stereocenters. The molecule has 0 aliphatic carbocycles. The van der Waals surface area contributed by atoms with Crippen LogP contribution >= 0.6 is 0 Å². The molecule has 1 aliphatic heterocycles. The number of nitrogens with zero attached hydrogens (tertiary/aromatic N) is 1. The number of ketones is 1. The monoisotopic (exact) mass is 493 g/mol. The first-order valence-corrected chi connectivity index (χ1v) is 12.2. The van der Waals surface area contributed by atoms with E-state index in [1.54, 1.807) is 48.5 Å². The minimum absolute atomic E-state index is 0.00863. The van der Waals surface area contributed by atoms with Crippen LogP contribution in [0, 0.1) is 5.92 Å². The molecule has 37 heavy (non-hydrogen) atoms. The number of rotatable bonds is 6. The summed E-state index contributed by atoms with van der Waals surface area (Å²) in [5.41, 5.74) is 1.40. The Labute approximate surface area is 215 Å². The molecule has 1 fully saturated rings. The molecule has 1 aliphatic rings. The molecule has 1 saturated heterocycles. The number of aliphatic hydroxyl groups is 1. The van der Waals surface area contributed by atoms with Crippen molar-refractivity contribution in [1.82, 2.24) is 0 Å². The van der Waals surface area contributed by atoms with E-state index in [0.29, 0.717) is 35.1 Å². The van der Waals surface area contributed by atoms with E-state index in [4.69, 9.17) is 4.74 Å². The predicted octanol–water partition coefficient (Wildman–Crippen LogP) is 6.21. The van der Waals surface area contributed by atoms with E-state index in [1.165, 1.54) is 17.0 Å². The quantitative estimate of drug-likeness (QED) is 0.190. The second-order valence-corrected chi connectivity index (χ2v) is 9.49. The third-order valence-corrected chi connectivity index (χ3v) is 6.37. The fourth-order valence-electron chi connectivity index (χ4n) is 4.65. The van der Waals surface area contributed by atoms with Crippen LogP contribution < -0.4 is 9.64 Å². The van der Waals surface area contributed by atoms with Gasteiger partial charge in [0.2, 0.25) is 0 Å². The van der Waals surface area contributed by atoms with Crippen LogP contribution in [0.1, 0.15) is 31.0 Å². The first-order chi connectivity index (χ1) is 17.8. The fourth-order valence-corrected chi connectivity index (χ4v) is 4.65. The third kappa shape index (κ3) is 4.54. The van der Waals surface area contributed by atoms with Crippen LogP contribution in [0.5, 0.6) is 11.5 Å². The first-order valence-electron chi connectivity index (χ1n) is 12.2. The zero-order valence-electron chi connectivity index (χ0n) is 20.6. The van der Waals surface area contributed by atoms with Gasteiger partial charge in [0.15, 0.2) is 0 Å². The van der Waals surface area contributed by atoms with Crippen molar-refractivity contribution in [2.75, 3.05) is 11.5 Å². The Morgan fingerprint density at radius 1 is 0.919 bits per heavy atom. The van der Waals surface area contributed by atoms with Crippen LogP contribution in [0.25, 0.3) is 16.5 Å². The van der Waals surface area contributed by atoms with E-state index >= 15 is 0 Å². The Morgan fingerprint density at radius 2 is 1.62 bits per heavy atom. The molecule has 0 spiro atoms. The molecular weight excluding hydrogens is 466 g/mol. The van der Waals surface area contributed by atoms with Crippen LogP contribution in [0.3, 0.4) is 0 Å². The minimum atomic E-state index is -0.937. The summed E-state index contributed by atoms with van der Waals surface area (Å²) in [6, 6.07) is 25.4. The van der Waals surface area contributed by atoms with Crippen LogP contribution in [0.4, 0.5) is 5.69 Å². The topological polar surface area (TPSA) is 87.1 Å². The molecule has 186 valence electrons. The maximum atomic E-state index is 13.5. The number of carbonyl (C=O) groups excluding carboxylic acids is 2. The van der Waals surface area contributed by atoms with Crippen molar-refractivity contribution in [2.24, 2.45) is 5.92 Å². The lowest BCUT2D eigenvalue weighted by Crippen LogP contribution is -2.29. The van der Waals surface area contributed by atoms with Crippen LogP contribution in [0.2, 0.25) is 0 Å². The van der Waals surface area contributed by atoms with E-state index in [-0.39, 0.29) is 17.1 Å². The second kappa shape index (κ2) is 9.82. The van der Waals surface area contributed by atoms with Gasteiger partial charge in [-0.05, 0) is 58.7 Å². The van der Waals surface area contributed by atoms with Gasteiger partial charge in [0.05, 0.1) is 18.2 Å². The van der Waals surface area contributed by atoms with Crippen molar-refractivity contribution in [2.45, 2.75) is 19.9 Å². The number of ether oxygens (including phenoxy) is 1. The number of aliphatic hydroxyl groups excluding tert-OH is 1. The number of hydrogen-bond donors (Lipinski definition) is 2. The lowest BCUT2D eigenvalue weighted by molar-refractivity contribution is -0.132. The van der Waals surface area contributed by atoms with E-state index in [9.17, 15) is 19.8 Å². The normalized spacial score (nSPS) is 17.1. The Hall–Kier alpha value is -4.58. The molecule has 4 aromatic carbocycles. The van der Waals surface area contributed by atoms with Gasteiger partial charge < -0.3 is 14.9 Å². The predicted molar refractivity (Wildman–Crippen MR) is 144 cm³/mol. The number of anilines is 1. The molecule has 0 radical (unpaired) electrons. The lowest BCUT2D eigenvalue weighted by Gasteiger charge is -2.26. The fraction of sp³-hybridized carbons (Fsp3) is 0.161. The Morgan fingerprint density at radius 3 is 2.35 bits per heavy atom. The Kier molecular flexibility index (Phi) is 6.40. The van der Waals surface area contributed by atoms with Crippen LogP contribution in [-0.4, -0.2) is 28.5 Å². The molecule has 5 rings (SSSR count). The highest BCUT2D eigenvalue weighted by Crippen LogP contribution is 2.43. The summed E-state index contributed by atoms with van der Waals surface area (Å²) in [6.07, 6.45) is 0. The standard InChI is InChI=1S/C31H27NO5/c1-19(2)18-37-24-15-13-22(14-16-24)32-28(21-9-5-10-23(33)17-21)27(30(35)31(32)36)29(34)26-12-6-8-20-7-3-4-11-25(20)26/h3-17,19,28,33-34H,18H2,1-2H3/b29-27-. The Bertz CT molecular complexity index is 1520. The summed E-state index contributed by atoms with van der Waals surface area (Å²) in [4.78, 5) is 28.2. The number of hydrogen-bond acceptors (Lipinski definition) is 5. The molecule has 4 aromatic rings. The van der Waals surface area contributed by atoms with Crippen LogP contribution in [-0.2, 0) is 9.59 Å². The van der Waals surface area contributed by atoms with Gasteiger partial charge in [0.25, 0.3) is 11.7 Å². The van der Waals surface area contributed by atoms with Gasteiger partial charge in [0.1, 0.15) is 17.3 Å². The number of amides is 1. The van der Waals surface area contributed by atoms with Gasteiger partial charge in [-0.2, -0.15) is 0 Å². The molecule has 1 heterocycles. The molecule has 6 heteroatoms. The summed E-state index contributed by atoms with van der Waals surface area (Å²) >= 11 is 0. The summed E-state index contributed by atoms with van der Waals surface area (Å²) in [5.74, 6) is -0.811.